The topological polar surface area (TPSA) is 99.9 Å². The molecule has 0 spiro atoms. The van der Waals surface area contributed by atoms with Crippen molar-refractivity contribution in [2.24, 2.45) is 0 Å². The summed E-state index contributed by atoms with van der Waals surface area (Å²) >= 11 is 0. The maximum atomic E-state index is 10.6. The summed E-state index contributed by atoms with van der Waals surface area (Å²) in [6.45, 7) is 0. The van der Waals surface area contributed by atoms with Gasteiger partial charge in [-0.25, -0.2) is 0 Å². The van der Waals surface area contributed by atoms with Gasteiger partial charge in [0.2, 0.25) is 0 Å². The molecule has 0 radical (unpaired) electrons. The second kappa shape index (κ2) is 5.29. The summed E-state index contributed by atoms with van der Waals surface area (Å²) in [5.41, 5.74) is 0.0378. The number of rotatable bonds is 3. The lowest BCUT2D eigenvalue weighted by atomic mass is 10.1. The van der Waals surface area contributed by atoms with Gasteiger partial charge in [0.15, 0.2) is 0 Å². The highest BCUT2D eigenvalue weighted by Crippen LogP contribution is 2.25. The van der Waals surface area contributed by atoms with Crippen LogP contribution in [0.25, 0.3) is 6.08 Å². The minimum atomic E-state index is -0.560. The van der Waals surface area contributed by atoms with Crippen molar-refractivity contribution in [2.45, 2.75) is 0 Å². The van der Waals surface area contributed by atoms with E-state index in [4.69, 9.17) is 15.3 Å². The number of benzene rings is 1. The minimum Gasteiger partial charge on any atom is -0.496 e. The molecule has 84 valence electrons. The third kappa shape index (κ3) is 2.80. The average molecular weight is 229 g/mol. The van der Waals surface area contributed by atoms with Gasteiger partial charge in [0.1, 0.15) is 23.5 Å². The van der Waals surface area contributed by atoms with Gasteiger partial charge >= 0.3 is 0 Å². The van der Waals surface area contributed by atoms with Crippen molar-refractivity contribution in [3.8, 4) is 17.9 Å². The van der Waals surface area contributed by atoms with E-state index in [2.05, 4.69) is 0 Å². The lowest BCUT2D eigenvalue weighted by molar-refractivity contribution is -0.384. The lowest BCUT2D eigenvalue weighted by Gasteiger charge is -2.03. The van der Waals surface area contributed by atoms with E-state index >= 15 is 0 Å². The molecule has 1 aromatic rings. The molecule has 0 bridgehead atoms. The predicted molar refractivity (Wildman–Crippen MR) is 58.9 cm³/mol. The van der Waals surface area contributed by atoms with Crippen LogP contribution in [-0.4, -0.2) is 12.0 Å². The first kappa shape index (κ1) is 12.2. The normalized spacial score (nSPS) is 8.65. The molecule has 0 aliphatic carbocycles. The number of nitro benzene ring substituents is 1. The van der Waals surface area contributed by atoms with E-state index in [1.807, 2.05) is 0 Å². The molecule has 1 aromatic carbocycles. The molecule has 0 saturated heterocycles. The van der Waals surface area contributed by atoms with Gasteiger partial charge in [-0.3, -0.25) is 10.1 Å². The molecule has 0 saturated carbocycles. The van der Waals surface area contributed by atoms with Crippen LogP contribution in [0.3, 0.4) is 0 Å². The van der Waals surface area contributed by atoms with Crippen molar-refractivity contribution in [3.05, 3.63) is 39.4 Å². The summed E-state index contributed by atoms with van der Waals surface area (Å²) in [5, 5.41) is 27.8. The number of hydrogen-bond acceptors (Lipinski definition) is 5. The van der Waals surface area contributed by atoms with Crippen LogP contribution in [0.5, 0.6) is 5.75 Å². The van der Waals surface area contributed by atoms with Gasteiger partial charge in [-0.1, -0.05) is 0 Å². The molecular formula is C11H7N3O3. The highest BCUT2D eigenvalue weighted by atomic mass is 16.6. The van der Waals surface area contributed by atoms with Crippen LogP contribution in [0.4, 0.5) is 5.69 Å². The number of hydrogen-bond donors (Lipinski definition) is 0. The van der Waals surface area contributed by atoms with Gasteiger partial charge in [-0.05, 0) is 12.1 Å². The van der Waals surface area contributed by atoms with Gasteiger partial charge < -0.3 is 4.74 Å². The Bertz CT molecular complexity index is 548. The van der Waals surface area contributed by atoms with Crippen LogP contribution in [-0.2, 0) is 0 Å². The zero-order valence-electron chi connectivity index (χ0n) is 8.88. The lowest BCUT2D eigenvalue weighted by Crippen LogP contribution is -1.92. The van der Waals surface area contributed by atoms with Gasteiger partial charge in [0.25, 0.3) is 5.69 Å². The monoisotopic (exact) mass is 229 g/mol. The maximum Gasteiger partial charge on any atom is 0.270 e. The Morgan fingerprint density at radius 2 is 2.12 bits per heavy atom. The molecule has 0 atom stereocenters. The van der Waals surface area contributed by atoms with Crippen molar-refractivity contribution in [2.75, 3.05) is 7.11 Å². The first-order valence-electron chi connectivity index (χ1n) is 4.46. The van der Waals surface area contributed by atoms with Crippen LogP contribution in [0.1, 0.15) is 5.56 Å². The predicted octanol–water partition coefficient (Wildman–Crippen LogP) is 2.03. The molecule has 1 rings (SSSR count). The van der Waals surface area contributed by atoms with Crippen LogP contribution in [0.2, 0.25) is 0 Å². The molecule has 0 unspecified atom stereocenters. The summed E-state index contributed by atoms with van der Waals surface area (Å²) in [6, 6.07) is 7.29. The van der Waals surface area contributed by atoms with Crippen LogP contribution in [0, 0.1) is 32.8 Å². The number of nitro groups is 1. The number of methoxy groups -OCH3 is 1. The summed E-state index contributed by atoms with van der Waals surface area (Å²) in [4.78, 5) is 10.0. The molecule has 0 aromatic heterocycles. The van der Waals surface area contributed by atoms with Gasteiger partial charge in [-0.2, -0.15) is 10.5 Å². The number of nitriles is 2. The van der Waals surface area contributed by atoms with E-state index in [0.29, 0.717) is 11.3 Å². The molecule has 0 aliphatic heterocycles. The summed E-state index contributed by atoms with van der Waals surface area (Å²) in [5.74, 6) is 0.360. The Morgan fingerprint density at radius 1 is 1.47 bits per heavy atom. The molecule has 6 heteroatoms. The molecule has 0 amide bonds. The number of allylic oxidation sites excluding steroid dienone is 1. The van der Waals surface area contributed by atoms with E-state index in [9.17, 15) is 10.1 Å². The van der Waals surface area contributed by atoms with E-state index in [0.717, 1.165) is 0 Å². The van der Waals surface area contributed by atoms with Crippen LogP contribution in [0.15, 0.2) is 23.8 Å². The fourth-order valence-corrected chi connectivity index (χ4v) is 1.19. The second-order valence-electron chi connectivity index (χ2n) is 2.96. The summed E-state index contributed by atoms with van der Waals surface area (Å²) in [6.07, 6.45) is 1.24. The molecular weight excluding hydrogens is 222 g/mol. The average Bonchev–Trinajstić information content (AvgIpc) is 2.35. The van der Waals surface area contributed by atoms with Gasteiger partial charge in [0, 0.05) is 17.7 Å². The number of non-ortho nitro benzene ring substituents is 1. The Hall–Kier alpha value is -2.86. The molecule has 6 nitrogen and oxygen atoms in total. The molecule has 0 heterocycles. The smallest absolute Gasteiger partial charge is 0.270 e. The minimum absolute atomic E-state index is 0.132. The van der Waals surface area contributed by atoms with Crippen molar-refractivity contribution < 1.29 is 9.66 Å². The molecule has 17 heavy (non-hydrogen) atoms. The van der Waals surface area contributed by atoms with Crippen molar-refractivity contribution in [3.63, 3.8) is 0 Å². The van der Waals surface area contributed by atoms with Crippen LogP contribution >= 0.6 is 0 Å². The Morgan fingerprint density at radius 3 is 2.59 bits per heavy atom. The standard InChI is InChI=1S/C11H7N3O3/c1-17-11-3-2-10(14(15)16)5-9(11)4-8(6-12)7-13/h2-5H,1H3. The third-order valence-electron chi connectivity index (χ3n) is 1.96. The van der Waals surface area contributed by atoms with Crippen molar-refractivity contribution in [1.29, 1.82) is 10.5 Å². The van der Waals surface area contributed by atoms with Gasteiger partial charge in [-0.15, -0.1) is 0 Å². The zero-order valence-corrected chi connectivity index (χ0v) is 8.88. The highest BCUT2D eigenvalue weighted by Gasteiger charge is 2.10. The Balaban J connectivity index is 3.35. The van der Waals surface area contributed by atoms with E-state index < -0.39 is 4.92 Å². The van der Waals surface area contributed by atoms with Crippen molar-refractivity contribution in [1.82, 2.24) is 0 Å². The first-order chi connectivity index (χ1) is 8.12. The zero-order chi connectivity index (χ0) is 12.8. The third-order valence-corrected chi connectivity index (χ3v) is 1.96. The largest absolute Gasteiger partial charge is 0.496 e. The van der Waals surface area contributed by atoms with E-state index in [-0.39, 0.29) is 11.3 Å². The van der Waals surface area contributed by atoms with E-state index in [1.54, 1.807) is 12.1 Å². The molecule has 0 fully saturated rings. The van der Waals surface area contributed by atoms with Gasteiger partial charge in [0.05, 0.1) is 12.0 Å². The number of ether oxygens (including phenoxy) is 1. The van der Waals surface area contributed by atoms with Crippen molar-refractivity contribution >= 4 is 11.8 Å². The summed E-state index contributed by atoms with van der Waals surface area (Å²) < 4.78 is 4.98. The molecule has 0 aliphatic rings. The fraction of sp³-hybridized carbons (Fsp3) is 0.0909. The van der Waals surface area contributed by atoms with Crippen LogP contribution < -0.4 is 4.74 Å². The Kier molecular flexibility index (Phi) is 3.80. The summed E-state index contributed by atoms with van der Waals surface area (Å²) in [7, 11) is 1.40. The van der Waals surface area contributed by atoms with E-state index in [1.165, 1.54) is 31.4 Å². The highest BCUT2D eigenvalue weighted by molar-refractivity contribution is 5.68. The quantitative estimate of drug-likeness (QED) is 0.448. The molecule has 0 N–H and O–H groups in total. The SMILES string of the molecule is COc1ccc([N+](=O)[O-])cc1C=C(C#N)C#N. The number of nitrogens with zero attached hydrogens (tertiary/aromatic N) is 3. The fourth-order valence-electron chi connectivity index (χ4n) is 1.19. The second-order valence-corrected chi connectivity index (χ2v) is 2.96. The first-order valence-corrected chi connectivity index (χ1v) is 4.46. The maximum absolute atomic E-state index is 10.6. The Labute approximate surface area is 97.1 Å².